The van der Waals surface area contributed by atoms with Gasteiger partial charge in [-0.05, 0) is 63.0 Å². The molecule has 3 aliphatic heterocycles. The number of amidine groups is 1. The molecule has 1 spiro atoms. The molecule has 0 radical (unpaired) electrons. The largest absolute Gasteiger partial charge is 0.388 e. The van der Waals surface area contributed by atoms with Gasteiger partial charge in [-0.25, -0.2) is 0 Å². The van der Waals surface area contributed by atoms with E-state index in [9.17, 15) is 14.4 Å². The van der Waals surface area contributed by atoms with E-state index in [0.29, 0.717) is 57.9 Å². The van der Waals surface area contributed by atoms with Gasteiger partial charge in [-0.2, -0.15) is 0 Å². The second-order valence-electron chi connectivity index (χ2n) is 12.7. The topological polar surface area (TPSA) is 112 Å². The van der Waals surface area contributed by atoms with Gasteiger partial charge < -0.3 is 25.4 Å². The second kappa shape index (κ2) is 11.6. The zero-order valence-corrected chi connectivity index (χ0v) is 25.3. The quantitative estimate of drug-likeness (QED) is 0.441. The molecule has 10 nitrogen and oxygen atoms in total. The van der Waals surface area contributed by atoms with Gasteiger partial charge in [-0.3, -0.25) is 24.3 Å². The van der Waals surface area contributed by atoms with Gasteiger partial charge in [0.05, 0.1) is 6.54 Å². The summed E-state index contributed by atoms with van der Waals surface area (Å²) in [5.41, 5.74) is 3.75. The van der Waals surface area contributed by atoms with Crippen LogP contribution in [-0.4, -0.2) is 115 Å². The Bertz CT molecular complexity index is 1450. The van der Waals surface area contributed by atoms with Gasteiger partial charge in [0, 0.05) is 74.6 Å². The van der Waals surface area contributed by atoms with Gasteiger partial charge in [0.15, 0.2) is 0 Å². The Morgan fingerprint density at radius 3 is 2.28 bits per heavy atom. The molecule has 43 heavy (non-hydrogen) atoms. The van der Waals surface area contributed by atoms with E-state index in [1.165, 1.54) is 6.21 Å². The first kappa shape index (κ1) is 29.0. The molecular weight excluding hydrogens is 542 g/mol. The fourth-order valence-corrected chi connectivity index (χ4v) is 6.48. The highest BCUT2D eigenvalue weighted by atomic mass is 16.2. The molecule has 2 aromatic carbocycles. The van der Waals surface area contributed by atoms with Crippen LogP contribution in [0.5, 0.6) is 0 Å². The highest BCUT2D eigenvalue weighted by molar-refractivity contribution is 6.15. The Morgan fingerprint density at radius 1 is 1.02 bits per heavy atom. The third-order valence-electron chi connectivity index (χ3n) is 9.20. The van der Waals surface area contributed by atoms with Crippen LogP contribution in [0, 0.1) is 17.2 Å². The fourth-order valence-electron chi connectivity index (χ4n) is 6.48. The van der Waals surface area contributed by atoms with Crippen LogP contribution in [0.3, 0.4) is 0 Å². The SMILES string of the molecule is CNc1ccc(-c2ccc(C3=NC4(CCN(C(=O)CN(C)C)CC4)C(=O)N3CC3CN(C(=O)C4CC4)C3)cc2)cc1C=N. The number of aliphatic imine (C=N–C) groups is 1. The number of hydrogen-bond acceptors (Lipinski definition) is 7. The van der Waals surface area contributed by atoms with E-state index >= 15 is 0 Å². The lowest BCUT2D eigenvalue weighted by molar-refractivity contribution is -0.141. The number of anilines is 1. The number of piperidine rings is 1. The van der Waals surface area contributed by atoms with Gasteiger partial charge in [0.1, 0.15) is 11.4 Å². The van der Waals surface area contributed by atoms with Crippen LogP contribution < -0.4 is 5.32 Å². The predicted octanol–water partition coefficient (Wildman–Crippen LogP) is 2.77. The number of likely N-dealkylation sites (N-methyl/N-ethyl adjacent to an activating group) is 1. The lowest BCUT2D eigenvalue weighted by atomic mass is 9.87. The molecular formula is C33H41N7O3. The van der Waals surface area contributed by atoms with Crippen molar-refractivity contribution in [2.75, 3.05) is 65.7 Å². The molecule has 0 aromatic heterocycles. The number of amides is 3. The lowest BCUT2D eigenvalue weighted by Gasteiger charge is -2.42. The first-order valence-electron chi connectivity index (χ1n) is 15.3. The zero-order valence-electron chi connectivity index (χ0n) is 25.3. The molecule has 2 aromatic rings. The Balaban J connectivity index is 1.23. The number of nitrogens with one attached hydrogen (secondary N) is 2. The van der Waals surface area contributed by atoms with Gasteiger partial charge in [0.2, 0.25) is 11.8 Å². The van der Waals surface area contributed by atoms with E-state index in [2.05, 4.69) is 5.32 Å². The van der Waals surface area contributed by atoms with E-state index in [0.717, 1.165) is 40.8 Å². The van der Waals surface area contributed by atoms with E-state index in [1.807, 2.05) is 83.2 Å². The van der Waals surface area contributed by atoms with Gasteiger partial charge >= 0.3 is 0 Å². The van der Waals surface area contributed by atoms with E-state index < -0.39 is 5.54 Å². The summed E-state index contributed by atoms with van der Waals surface area (Å²) in [7, 11) is 5.61. The number of carbonyl (C=O) groups excluding carboxylic acids is 3. The molecule has 6 rings (SSSR count). The van der Waals surface area contributed by atoms with Crippen molar-refractivity contribution in [1.29, 1.82) is 5.41 Å². The fraction of sp³-hybridized carbons (Fsp3) is 0.485. The summed E-state index contributed by atoms with van der Waals surface area (Å²) in [6, 6.07) is 14.1. The van der Waals surface area contributed by atoms with Crippen molar-refractivity contribution in [3.8, 4) is 11.1 Å². The second-order valence-corrected chi connectivity index (χ2v) is 12.7. The Hall–Kier alpha value is -4.05. The minimum atomic E-state index is -0.863. The molecule has 2 N–H and O–H groups in total. The molecule has 4 aliphatic rings. The summed E-state index contributed by atoms with van der Waals surface area (Å²) in [5.74, 6) is 1.45. The maximum atomic E-state index is 14.1. The summed E-state index contributed by atoms with van der Waals surface area (Å²) in [4.78, 5) is 52.0. The van der Waals surface area contributed by atoms with Gasteiger partial charge in [-0.15, -0.1) is 0 Å². The smallest absolute Gasteiger partial charge is 0.256 e. The van der Waals surface area contributed by atoms with E-state index in [4.69, 9.17) is 10.4 Å². The van der Waals surface area contributed by atoms with E-state index in [-0.39, 0.29) is 29.6 Å². The molecule has 0 atom stereocenters. The molecule has 226 valence electrons. The Labute approximate surface area is 253 Å². The van der Waals surface area contributed by atoms with Crippen LogP contribution >= 0.6 is 0 Å². The lowest BCUT2D eigenvalue weighted by Crippen LogP contribution is -2.57. The summed E-state index contributed by atoms with van der Waals surface area (Å²) in [6.07, 6.45) is 4.35. The van der Waals surface area contributed by atoms with Crippen molar-refractivity contribution in [3.63, 3.8) is 0 Å². The number of benzene rings is 2. The molecule has 0 bridgehead atoms. The number of hydrogen-bond donors (Lipinski definition) is 2. The third kappa shape index (κ3) is 5.68. The van der Waals surface area contributed by atoms with Crippen molar-refractivity contribution in [2.45, 2.75) is 31.2 Å². The monoisotopic (exact) mass is 583 g/mol. The van der Waals surface area contributed by atoms with Crippen LogP contribution in [-0.2, 0) is 14.4 Å². The summed E-state index contributed by atoms with van der Waals surface area (Å²) < 4.78 is 0. The van der Waals surface area contributed by atoms with Gasteiger partial charge in [-0.1, -0.05) is 30.3 Å². The van der Waals surface area contributed by atoms with Crippen molar-refractivity contribution >= 4 is 35.5 Å². The molecule has 3 fully saturated rings. The van der Waals surface area contributed by atoms with Crippen molar-refractivity contribution in [1.82, 2.24) is 19.6 Å². The standard InChI is InChI=1S/C33H41N7O3/c1-35-28-11-10-26(16-27(28)17-34)23-4-6-24(7-5-23)30-36-33(12-14-38(15-13-33)29(41)21-37(2)3)32(43)40(30)20-22-18-39(19-22)31(42)25-8-9-25/h4-7,10-11,16-17,22,25,34-35H,8-9,12-15,18-21H2,1-3H3. The molecule has 3 heterocycles. The molecule has 2 saturated heterocycles. The number of rotatable bonds is 9. The van der Waals surface area contributed by atoms with Crippen LogP contribution in [0.15, 0.2) is 47.5 Å². The summed E-state index contributed by atoms with van der Waals surface area (Å²) in [5, 5.41) is 10.9. The molecule has 1 aliphatic carbocycles. The maximum Gasteiger partial charge on any atom is 0.256 e. The first-order chi connectivity index (χ1) is 20.7. The molecule has 3 amide bonds. The minimum Gasteiger partial charge on any atom is -0.388 e. The highest BCUT2D eigenvalue weighted by Gasteiger charge is 2.51. The Morgan fingerprint density at radius 2 is 1.67 bits per heavy atom. The van der Waals surface area contributed by atoms with Crippen LogP contribution in [0.1, 0.15) is 36.8 Å². The van der Waals surface area contributed by atoms with Gasteiger partial charge in [0.25, 0.3) is 5.91 Å². The van der Waals surface area contributed by atoms with Crippen molar-refractivity contribution < 1.29 is 14.4 Å². The summed E-state index contributed by atoms with van der Waals surface area (Å²) in [6.45, 7) is 3.27. The number of nitrogens with zero attached hydrogens (tertiary/aromatic N) is 5. The van der Waals surface area contributed by atoms with Crippen molar-refractivity contribution in [3.05, 3.63) is 53.6 Å². The summed E-state index contributed by atoms with van der Waals surface area (Å²) >= 11 is 0. The Kier molecular flexibility index (Phi) is 7.81. The normalized spacial score (nSPS) is 20.0. The predicted molar refractivity (Wildman–Crippen MR) is 167 cm³/mol. The average Bonchev–Trinajstić information content (AvgIpc) is 3.81. The van der Waals surface area contributed by atoms with Crippen molar-refractivity contribution in [2.24, 2.45) is 16.8 Å². The maximum absolute atomic E-state index is 14.1. The first-order valence-corrected chi connectivity index (χ1v) is 15.3. The molecule has 1 saturated carbocycles. The molecule has 0 unspecified atom stereocenters. The van der Waals surface area contributed by atoms with Crippen LogP contribution in [0.2, 0.25) is 0 Å². The van der Waals surface area contributed by atoms with Crippen LogP contribution in [0.25, 0.3) is 11.1 Å². The number of carbonyl (C=O) groups is 3. The zero-order chi connectivity index (χ0) is 30.3. The van der Waals surface area contributed by atoms with Crippen LogP contribution in [0.4, 0.5) is 5.69 Å². The minimum absolute atomic E-state index is 0.0107. The highest BCUT2D eigenvalue weighted by Crippen LogP contribution is 2.38. The van der Waals surface area contributed by atoms with E-state index in [1.54, 1.807) is 0 Å². The number of likely N-dealkylation sites (tertiary alicyclic amines) is 2. The average molecular weight is 584 g/mol. The molecule has 10 heteroatoms. The third-order valence-corrected chi connectivity index (χ3v) is 9.20.